The molecule has 0 bridgehead atoms. The van der Waals surface area contributed by atoms with Crippen molar-refractivity contribution in [2.75, 3.05) is 39.4 Å². The zero-order valence-electron chi connectivity index (χ0n) is 10.9. The average molecular weight is 226 g/mol. The quantitative estimate of drug-likeness (QED) is 0.779. The molecule has 4 unspecified atom stereocenters. The van der Waals surface area contributed by atoms with Crippen LogP contribution in [0, 0.1) is 17.8 Å². The SMILES string of the molecule is CCNC1COCC1CN1CC(C)C(C)C1. The third-order valence-corrected chi connectivity index (χ3v) is 4.22. The molecule has 0 saturated carbocycles. The van der Waals surface area contributed by atoms with Crippen molar-refractivity contribution in [1.29, 1.82) is 0 Å². The lowest BCUT2D eigenvalue weighted by molar-refractivity contribution is 0.172. The monoisotopic (exact) mass is 226 g/mol. The first-order chi connectivity index (χ1) is 7.70. The van der Waals surface area contributed by atoms with Crippen LogP contribution in [0.25, 0.3) is 0 Å². The summed E-state index contributed by atoms with van der Waals surface area (Å²) in [5.74, 6) is 2.41. The Balaban J connectivity index is 1.80. The Kier molecular flexibility index (Phi) is 4.22. The molecule has 0 aromatic rings. The molecule has 94 valence electrons. The van der Waals surface area contributed by atoms with E-state index >= 15 is 0 Å². The summed E-state index contributed by atoms with van der Waals surface area (Å²) in [6.45, 7) is 13.6. The first-order valence-corrected chi connectivity index (χ1v) is 6.74. The van der Waals surface area contributed by atoms with Crippen LogP contribution in [0.3, 0.4) is 0 Å². The zero-order valence-corrected chi connectivity index (χ0v) is 10.9. The Morgan fingerprint density at radius 1 is 1.19 bits per heavy atom. The lowest BCUT2D eigenvalue weighted by Crippen LogP contribution is -2.41. The Labute approximate surface area is 99.5 Å². The van der Waals surface area contributed by atoms with Crippen molar-refractivity contribution in [1.82, 2.24) is 10.2 Å². The number of nitrogens with one attached hydrogen (secondary N) is 1. The summed E-state index contributed by atoms with van der Waals surface area (Å²) < 4.78 is 5.60. The molecule has 2 aliphatic heterocycles. The molecule has 2 saturated heterocycles. The molecular formula is C13H26N2O. The third kappa shape index (κ3) is 2.76. The van der Waals surface area contributed by atoms with Crippen molar-refractivity contribution in [2.24, 2.45) is 17.8 Å². The van der Waals surface area contributed by atoms with Gasteiger partial charge in [0.1, 0.15) is 0 Å². The normalized spacial score (nSPS) is 40.7. The van der Waals surface area contributed by atoms with Crippen LogP contribution >= 0.6 is 0 Å². The molecule has 0 aromatic heterocycles. The molecule has 0 aliphatic carbocycles. The summed E-state index contributed by atoms with van der Waals surface area (Å²) in [5, 5.41) is 3.54. The van der Waals surface area contributed by atoms with E-state index in [4.69, 9.17) is 4.74 Å². The summed E-state index contributed by atoms with van der Waals surface area (Å²) in [4.78, 5) is 2.62. The molecule has 0 spiro atoms. The minimum absolute atomic E-state index is 0.580. The Morgan fingerprint density at radius 3 is 2.50 bits per heavy atom. The van der Waals surface area contributed by atoms with Crippen molar-refractivity contribution in [3.8, 4) is 0 Å². The number of rotatable bonds is 4. The van der Waals surface area contributed by atoms with Crippen molar-refractivity contribution < 1.29 is 4.74 Å². The van der Waals surface area contributed by atoms with Crippen molar-refractivity contribution in [3.05, 3.63) is 0 Å². The van der Waals surface area contributed by atoms with Crippen LogP contribution in [0.15, 0.2) is 0 Å². The van der Waals surface area contributed by atoms with Crippen LogP contribution in [0.4, 0.5) is 0 Å². The molecule has 3 nitrogen and oxygen atoms in total. The van der Waals surface area contributed by atoms with Gasteiger partial charge in [-0.1, -0.05) is 20.8 Å². The fraction of sp³-hybridized carbons (Fsp3) is 1.00. The van der Waals surface area contributed by atoms with Gasteiger partial charge in [-0.25, -0.2) is 0 Å². The minimum atomic E-state index is 0.580. The molecule has 0 aromatic carbocycles. The zero-order chi connectivity index (χ0) is 11.5. The van der Waals surface area contributed by atoms with E-state index in [-0.39, 0.29) is 0 Å². The van der Waals surface area contributed by atoms with E-state index in [0.29, 0.717) is 12.0 Å². The maximum absolute atomic E-state index is 5.60. The second-order valence-corrected chi connectivity index (χ2v) is 5.63. The fourth-order valence-electron chi connectivity index (χ4n) is 3.00. The van der Waals surface area contributed by atoms with Gasteiger partial charge in [0, 0.05) is 31.6 Å². The molecule has 16 heavy (non-hydrogen) atoms. The topological polar surface area (TPSA) is 24.5 Å². The van der Waals surface area contributed by atoms with Crippen LogP contribution in [-0.4, -0.2) is 50.3 Å². The highest BCUT2D eigenvalue weighted by Crippen LogP contribution is 2.24. The predicted octanol–water partition coefficient (Wildman–Crippen LogP) is 1.20. The van der Waals surface area contributed by atoms with E-state index in [0.717, 1.165) is 31.6 Å². The molecule has 4 atom stereocenters. The van der Waals surface area contributed by atoms with Crippen molar-refractivity contribution >= 4 is 0 Å². The highest BCUT2D eigenvalue weighted by molar-refractivity contribution is 4.86. The van der Waals surface area contributed by atoms with Gasteiger partial charge in [-0.2, -0.15) is 0 Å². The lowest BCUT2D eigenvalue weighted by atomic mass is 10.0. The van der Waals surface area contributed by atoms with E-state index in [1.165, 1.54) is 19.6 Å². The summed E-state index contributed by atoms with van der Waals surface area (Å²) in [5.41, 5.74) is 0. The highest BCUT2D eigenvalue weighted by atomic mass is 16.5. The van der Waals surface area contributed by atoms with Crippen LogP contribution in [-0.2, 0) is 4.74 Å². The number of ether oxygens (including phenoxy) is 1. The Morgan fingerprint density at radius 2 is 1.88 bits per heavy atom. The summed E-state index contributed by atoms with van der Waals surface area (Å²) in [7, 11) is 0. The van der Waals surface area contributed by atoms with Gasteiger partial charge in [0.15, 0.2) is 0 Å². The van der Waals surface area contributed by atoms with Gasteiger partial charge < -0.3 is 15.0 Å². The number of hydrogen-bond donors (Lipinski definition) is 1. The average Bonchev–Trinajstić information content (AvgIpc) is 2.77. The molecule has 0 radical (unpaired) electrons. The molecule has 2 heterocycles. The van der Waals surface area contributed by atoms with E-state index in [1.54, 1.807) is 0 Å². The first-order valence-electron chi connectivity index (χ1n) is 6.74. The van der Waals surface area contributed by atoms with Gasteiger partial charge in [0.2, 0.25) is 0 Å². The van der Waals surface area contributed by atoms with E-state index < -0.39 is 0 Å². The second kappa shape index (κ2) is 5.48. The summed E-state index contributed by atoms with van der Waals surface area (Å²) in [6, 6.07) is 0.580. The first kappa shape index (κ1) is 12.3. The van der Waals surface area contributed by atoms with Crippen LogP contribution < -0.4 is 5.32 Å². The lowest BCUT2D eigenvalue weighted by Gasteiger charge is -2.24. The molecule has 2 rings (SSSR count). The standard InChI is InChI=1S/C13H26N2O/c1-4-14-13-9-16-8-12(13)7-15-5-10(2)11(3)6-15/h10-14H,4-9H2,1-3H3. The molecule has 0 amide bonds. The summed E-state index contributed by atoms with van der Waals surface area (Å²) in [6.07, 6.45) is 0. The van der Waals surface area contributed by atoms with Crippen molar-refractivity contribution in [3.63, 3.8) is 0 Å². The summed E-state index contributed by atoms with van der Waals surface area (Å²) >= 11 is 0. The van der Waals surface area contributed by atoms with Gasteiger partial charge >= 0.3 is 0 Å². The second-order valence-electron chi connectivity index (χ2n) is 5.63. The predicted molar refractivity (Wildman–Crippen MR) is 66.5 cm³/mol. The smallest absolute Gasteiger partial charge is 0.0623 e. The largest absolute Gasteiger partial charge is 0.379 e. The molecule has 2 fully saturated rings. The highest BCUT2D eigenvalue weighted by Gasteiger charge is 2.33. The van der Waals surface area contributed by atoms with Crippen LogP contribution in [0.2, 0.25) is 0 Å². The number of likely N-dealkylation sites (tertiary alicyclic amines) is 1. The molecule has 1 N–H and O–H groups in total. The van der Waals surface area contributed by atoms with Gasteiger partial charge in [-0.05, 0) is 18.4 Å². The Hall–Kier alpha value is -0.120. The van der Waals surface area contributed by atoms with Gasteiger partial charge in [-0.15, -0.1) is 0 Å². The molecular weight excluding hydrogens is 200 g/mol. The Bertz CT molecular complexity index is 212. The van der Waals surface area contributed by atoms with Gasteiger partial charge in [0.25, 0.3) is 0 Å². The number of nitrogens with zero attached hydrogens (tertiary/aromatic N) is 1. The maximum Gasteiger partial charge on any atom is 0.0623 e. The number of hydrogen-bond acceptors (Lipinski definition) is 3. The van der Waals surface area contributed by atoms with Crippen molar-refractivity contribution in [2.45, 2.75) is 26.8 Å². The van der Waals surface area contributed by atoms with E-state index in [9.17, 15) is 0 Å². The van der Waals surface area contributed by atoms with E-state index in [2.05, 4.69) is 31.0 Å². The minimum Gasteiger partial charge on any atom is -0.379 e. The maximum atomic E-state index is 5.60. The molecule has 3 heteroatoms. The third-order valence-electron chi connectivity index (χ3n) is 4.22. The fourth-order valence-corrected chi connectivity index (χ4v) is 3.00. The van der Waals surface area contributed by atoms with Gasteiger partial charge in [0.05, 0.1) is 13.2 Å². The van der Waals surface area contributed by atoms with Crippen LogP contribution in [0.5, 0.6) is 0 Å². The number of likely N-dealkylation sites (N-methyl/N-ethyl adjacent to an activating group) is 1. The van der Waals surface area contributed by atoms with E-state index in [1.807, 2.05) is 0 Å². The molecule has 2 aliphatic rings. The van der Waals surface area contributed by atoms with Gasteiger partial charge in [-0.3, -0.25) is 0 Å². The van der Waals surface area contributed by atoms with Crippen LogP contribution in [0.1, 0.15) is 20.8 Å².